The van der Waals surface area contributed by atoms with Crippen molar-refractivity contribution in [2.75, 3.05) is 0 Å². The zero-order valence-corrected chi connectivity index (χ0v) is 8.40. The van der Waals surface area contributed by atoms with Crippen molar-refractivity contribution >= 4 is 22.9 Å². The van der Waals surface area contributed by atoms with E-state index in [1.165, 1.54) is 0 Å². The van der Waals surface area contributed by atoms with Crippen LogP contribution >= 0.6 is 22.9 Å². The molecule has 3 heteroatoms. The summed E-state index contributed by atoms with van der Waals surface area (Å²) < 4.78 is 0. The van der Waals surface area contributed by atoms with Gasteiger partial charge in [0.15, 0.2) is 0 Å². The number of nitrogens with zero attached hydrogens (tertiary/aromatic N) is 1. The molecular weight excluding hydrogens is 202 g/mol. The Morgan fingerprint density at radius 3 is 2.46 bits per heavy atom. The van der Waals surface area contributed by atoms with Crippen LogP contribution in [0.2, 0.25) is 5.02 Å². The lowest BCUT2D eigenvalue weighted by Gasteiger charge is -1.94. The van der Waals surface area contributed by atoms with Crippen LogP contribution in [0.25, 0.3) is 10.6 Å². The van der Waals surface area contributed by atoms with Gasteiger partial charge in [-0.25, -0.2) is 4.98 Å². The van der Waals surface area contributed by atoms with Gasteiger partial charge < -0.3 is 0 Å². The Bertz CT molecular complexity index is 405. The minimum Gasteiger partial charge on any atom is -0.244 e. The van der Waals surface area contributed by atoms with Crippen LogP contribution in [0.3, 0.4) is 0 Å². The second-order valence-corrected chi connectivity index (χ2v) is 4.19. The molecule has 0 fully saturated rings. The van der Waals surface area contributed by atoms with Crippen LogP contribution < -0.4 is 0 Å². The minimum absolute atomic E-state index is 0.746. The lowest BCUT2D eigenvalue weighted by Crippen LogP contribution is -1.73. The Morgan fingerprint density at radius 2 is 1.92 bits per heavy atom. The van der Waals surface area contributed by atoms with E-state index in [2.05, 4.69) is 11.9 Å². The fourth-order valence-corrected chi connectivity index (χ4v) is 1.87. The largest absolute Gasteiger partial charge is 0.244 e. The molecule has 1 heterocycles. The van der Waals surface area contributed by atoms with Gasteiger partial charge in [-0.15, -0.1) is 11.3 Å². The van der Waals surface area contributed by atoms with Crippen molar-refractivity contribution in [1.29, 1.82) is 0 Å². The van der Waals surface area contributed by atoms with Crippen molar-refractivity contribution in [3.05, 3.63) is 47.3 Å². The number of hydrogen-bond acceptors (Lipinski definition) is 2. The smallest absolute Gasteiger partial charge is 0.123 e. The van der Waals surface area contributed by atoms with Crippen LogP contribution in [-0.2, 0) is 0 Å². The van der Waals surface area contributed by atoms with Gasteiger partial charge in [-0.2, -0.15) is 0 Å². The van der Waals surface area contributed by atoms with Crippen LogP contribution in [0.1, 0.15) is 4.88 Å². The second kappa shape index (κ2) is 3.48. The number of halogens is 1. The number of hydrogen-bond donors (Lipinski definition) is 0. The molecule has 13 heavy (non-hydrogen) atoms. The first-order valence-corrected chi connectivity index (χ1v) is 4.99. The highest BCUT2D eigenvalue weighted by Gasteiger charge is 2.01. The summed E-state index contributed by atoms with van der Waals surface area (Å²) in [6.45, 7) is 3.81. The summed E-state index contributed by atoms with van der Waals surface area (Å²) in [6, 6.07) is 7.64. The highest BCUT2D eigenvalue weighted by atomic mass is 35.5. The van der Waals surface area contributed by atoms with E-state index in [0.717, 1.165) is 20.5 Å². The molecule has 0 aliphatic rings. The van der Waals surface area contributed by atoms with E-state index < -0.39 is 0 Å². The molecule has 1 aromatic heterocycles. The van der Waals surface area contributed by atoms with Crippen molar-refractivity contribution in [2.24, 2.45) is 0 Å². The third-order valence-electron chi connectivity index (χ3n) is 1.64. The summed E-state index contributed by atoms with van der Waals surface area (Å²) in [4.78, 5) is 5.21. The van der Waals surface area contributed by atoms with Crippen molar-refractivity contribution in [2.45, 2.75) is 0 Å². The summed E-state index contributed by atoms with van der Waals surface area (Å²) in [5, 5.41) is 1.73. The maximum atomic E-state index is 5.77. The average Bonchev–Trinajstić information content (AvgIpc) is 2.53. The van der Waals surface area contributed by atoms with Crippen LogP contribution in [-0.4, -0.2) is 4.98 Å². The van der Waals surface area contributed by atoms with Crippen LogP contribution in [0.5, 0.6) is 0 Å². The molecule has 2 rings (SSSR count). The number of benzene rings is 1. The molecule has 0 aliphatic carbocycles. The predicted octanol–water partition coefficient (Wildman–Crippen LogP) is 3.65. The van der Waals surface area contributed by atoms with Gasteiger partial charge in [0.1, 0.15) is 5.01 Å². The van der Waals surface area contributed by atoms with E-state index in [-0.39, 0.29) is 0 Å². The quantitative estimate of drug-likeness (QED) is 0.697. The summed E-state index contributed by atoms with van der Waals surface area (Å²) >= 11 is 7.36. The van der Waals surface area contributed by atoms with E-state index in [4.69, 9.17) is 11.6 Å². The number of aromatic nitrogens is 1. The van der Waals surface area contributed by atoms with Gasteiger partial charge in [-0.3, -0.25) is 0 Å². The molecular formula is C10H7ClNS. The van der Waals surface area contributed by atoms with Crippen molar-refractivity contribution in [3.63, 3.8) is 0 Å². The SMILES string of the molecule is [CH2]c1cnc(-c2ccc(Cl)cc2)s1. The van der Waals surface area contributed by atoms with Gasteiger partial charge in [0.05, 0.1) is 0 Å². The lowest BCUT2D eigenvalue weighted by molar-refractivity contribution is 1.40. The van der Waals surface area contributed by atoms with E-state index >= 15 is 0 Å². The van der Waals surface area contributed by atoms with Gasteiger partial charge in [-0.05, 0) is 19.1 Å². The first-order valence-electron chi connectivity index (χ1n) is 3.79. The maximum absolute atomic E-state index is 5.77. The van der Waals surface area contributed by atoms with E-state index in [0.29, 0.717) is 0 Å². The van der Waals surface area contributed by atoms with Crippen LogP contribution in [0.4, 0.5) is 0 Å². The first kappa shape index (κ1) is 8.73. The van der Waals surface area contributed by atoms with Crippen molar-refractivity contribution in [1.82, 2.24) is 4.98 Å². The Balaban J connectivity index is 2.41. The molecule has 1 aromatic carbocycles. The third-order valence-corrected chi connectivity index (χ3v) is 2.80. The fraction of sp³-hybridized carbons (Fsp3) is 0. The monoisotopic (exact) mass is 208 g/mol. The molecule has 0 spiro atoms. The minimum atomic E-state index is 0.746. The lowest BCUT2D eigenvalue weighted by atomic mass is 10.2. The first-order chi connectivity index (χ1) is 6.25. The van der Waals surface area contributed by atoms with Gasteiger partial charge in [0.25, 0.3) is 0 Å². The topological polar surface area (TPSA) is 12.9 Å². The summed E-state index contributed by atoms with van der Waals surface area (Å²) in [7, 11) is 0. The molecule has 0 aliphatic heterocycles. The summed E-state index contributed by atoms with van der Waals surface area (Å²) in [6.07, 6.45) is 1.77. The van der Waals surface area contributed by atoms with E-state index in [9.17, 15) is 0 Å². The number of thiazole rings is 1. The fourth-order valence-electron chi connectivity index (χ4n) is 1.03. The molecule has 0 amide bonds. The van der Waals surface area contributed by atoms with Gasteiger partial charge in [0, 0.05) is 21.7 Å². The molecule has 2 aromatic rings. The molecule has 0 atom stereocenters. The Kier molecular flexibility index (Phi) is 2.34. The predicted molar refractivity (Wildman–Crippen MR) is 57.0 cm³/mol. The Morgan fingerprint density at radius 1 is 1.23 bits per heavy atom. The summed E-state index contributed by atoms with van der Waals surface area (Å²) in [5.41, 5.74) is 1.09. The normalized spacial score (nSPS) is 10.3. The molecule has 0 N–H and O–H groups in total. The van der Waals surface area contributed by atoms with Crippen LogP contribution in [0, 0.1) is 6.92 Å². The highest BCUT2D eigenvalue weighted by molar-refractivity contribution is 7.15. The highest BCUT2D eigenvalue weighted by Crippen LogP contribution is 2.25. The Labute approximate surface area is 86.0 Å². The van der Waals surface area contributed by atoms with Crippen molar-refractivity contribution in [3.8, 4) is 10.6 Å². The Hall–Kier alpha value is -0.860. The van der Waals surface area contributed by atoms with E-state index in [1.807, 2.05) is 24.3 Å². The number of rotatable bonds is 1. The zero-order chi connectivity index (χ0) is 9.26. The summed E-state index contributed by atoms with van der Waals surface area (Å²) in [5.74, 6) is 0. The molecule has 65 valence electrons. The molecule has 0 saturated carbocycles. The van der Waals surface area contributed by atoms with Crippen molar-refractivity contribution < 1.29 is 0 Å². The molecule has 0 unspecified atom stereocenters. The average molecular weight is 209 g/mol. The third kappa shape index (κ3) is 1.90. The molecule has 0 saturated heterocycles. The van der Waals surface area contributed by atoms with Gasteiger partial charge >= 0.3 is 0 Å². The van der Waals surface area contributed by atoms with Gasteiger partial charge in [0.2, 0.25) is 0 Å². The van der Waals surface area contributed by atoms with E-state index in [1.54, 1.807) is 17.5 Å². The maximum Gasteiger partial charge on any atom is 0.123 e. The zero-order valence-electron chi connectivity index (χ0n) is 6.83. The van der Waals surface area contributed by atoms with Gasteiger partial charge in [-0.1, -0.05) is 23.7 Å². The molecule has 1 radical (unpaired) electrons. The molecule has 0 bridgehead atoms. The van der Waals surface area contributed by atoms with Crippen LogP contribution in [0.15, 0.2) is 30.5 Å². The second-order valence-electron chi connectivity index (χ2n) is 2.64. The standard InChI is InChI=1S/C10H7ClNS/c1-7-6-12-10(13-7)8-2-4-9(11)5-3-8/h2-6H,1H2. The molecule has 1 nitrogen and oxygen atoms in total.